The van der Waals surface area contributed by atoms with Gasteiger partial charge in [-0.25, -0.2) is 14.4 Å². The van der Waals surface area contributed by atoms with Crippen molar-refractivity contribution in [2.45, 2.75) is 11.6 Å². The zero-order chi connectivity index (χ0) is 22.6. The summed E-state index contributed by atoms with van der Waals surface area (Å²) in [7, 11) is 5.10. The molecule has 1 heterocycles. The van der Waals surface area contributed by atoms with E-state index in [1.165, 1.54) is 28.4 Å². The lowest BCUT2D eigenvalue weighted by Gasteiger charge is -2.30. The molecule has 0 radical (unpaired) electrons. The largest absolute Gasteiger partial charge is 0.497 e. The van der Waals surface area contributed by atoms with Gasteiger partial charge in [0.25, 0.3) is 0 Å². The number of carbonyl (C=O) groups is 3. The lowest BCUT2D eigenvalue weighted by Crippen LogP contribution is -2.50. The molecule has 1 aliphatic rings. The van der Waals surface area contributed by atoms with Crippen molar-refractivity contribution < 1.29 is 33.3 Å². The molecule has 1 N–H and O–H groups in total. The normalized spacial score (nSPS) is 20.2. The van der Waals surface area contributed by atoms with E-state index >= 15 is 0 Å². The number of hydrogen-bond donors (Lipinski definition) is 1. The van der Waals surface area contributed by atoms with E-state index in [-0.39, 0.29) is 11.1 Å². The Morgan fingerprint density at radius 1 is 0.806 bits per heavy atom. The third-order valence-electron chi connectivity index (χ3n) is 5.24. The standard InChI is InChI=1S/C23H23NO7/c1-28-16-12-10-15(11-13-16)23(22(27)31-4)18(21(26)30-3)17(20(25)29-2)19(24-23)14-8-6-5-7-9-14/h5-13,19,24H,1-4H3/t19-,23-/m0/s1. The summed E-state index contributed by atoms with van der Waals surface area (Å²) in [5.74, 6) is -1.84. The van der Waals surface area contributed by atoms with Crippen molar-refractivity contribution in [3.63, 3.8) is 0 Å². The Labute approximate surface area is 179 Å². The second-order valence-electron chi connectivity index (χ2n) is 6.73. The number of rotatable bonds is 6. The van der Waals surface area contributed by atoms with Crippen molar-refractivity contribution in [2.75, 3.05) is 28.4 Å². The number of esters is 3. The SMILES string of the molecule is COC(=O)C1=C(C(=O)OC)[C@](C(=O)OC)(c2ccc(OC)cc2)N[C@H]1c1ccccc1. The molecule has 2 atom stereocenters. The van der Waals surface area contributed by atoms with Gasteiger partial charge in [0.15, 0.2) is 5.54 Å². The molecule has 3 rings (SSSR count). The highest BCUT2D eigenvalue weighted by atomic mass is 16.5. The Kier molecular flexibility index (Phi) is 6.41. The van der Waals surface area contributed by atoms with Crippen molar-refractivity contribution in [1.82, 2.24) is 5.32 Å². The molecule has 0 unspecified atom stereocenters. The third kappa shape index (κ3) is 3.66. The fraction of sp³-hybridized carbons (Fsp3) is 0.261. The van der Waals surface area contributed by atoms with Gasteiger partial charge in [-0.2, -0.15) is 0 Å². The van der Waals surface area contributed by atoms with E-state index in [1.54, 1.807) is 48.5 Å². The van der Waals surface area contributed by atoms with Gasteiger partial charge >= 0.3 is 17.9 Å². The monoisotopic (exact) mass is 425 g/mol. The topological polar surface area (TPSA) is 100 Å². The van der Waals surface area contributed by atoms with E-state index in [0.717, 1.165) is 0 Å². The summed E-state index contributed by atoms with van der Waals surface area (Å²) in [5.41, 5.74) is -0.989. The van der Waals surface area contributed by atoms with E-state index in [4.69, 9.17) is 18.9 Å². The summed E-state index contributed by atoms with van der Waals surface area (Å²) < 4.78 is 20.2. The van der Waals surface area contributed by atoms with Crippen LogP contribution in [0.4, 0.5) is 0 Å². The first-order chi connectivity index (χ1) is 14.9. The molecule has 2 aromatic rings. The van der Waals surface area contributed by atoms with E-state index in [9.17, 15) is 14.4 Å². The van der Waals surface area contributed by atoms with Gasteiger partial charge in [0.05, 0.1) is 45.6 Å². The predicted octanol–water partition coefficient (Wildman–Crippen LogP) is 2.05. The summed E-state index contributed by atoms with van der Waals surface area (Å²) >= 11 is 0. The van der Waals surface area contributed by atoms with Crippen LogP contribution in [0.5, 0.6) is 5.75 Å². The Morgan fingerprint density at radius 3 is 1.94 bits per heavy atom. The summed E-state index contributed by atoms with van der Waals surface area (Å²) in [4.78, 5) is 39.1. The lowest BCUT2D eigenvalue weighted by molar-refractivity contribution is -0.150. The highest BCUT2D eigenvalue weighted by Gasteiger charge is 2.58. The molecule has 0 saturated carbocycles. The minimum absolute atomic E-state index is 0.0261. The quantitative estimate of drug-likeness (QED) is 0.555. The summed E-state index contributed by atoms with van der Waals surface area (Å²) in [6.45, 7) is 0. The Balaban J connectivity index is 2.37. The van der Waals surface area contributed by atoms with Crippen LogP contribution in [-0.2, 0) is 34.1 Å². The predicted molar refractivity (Wildman–Crippen MR) is 110 cm³/mol. The van der Waals surface area contributed by atoms with Gasteiger partial charge in [0, 0.05) is 0 Å². The summed E-state index contributed by atoms with van der Waals surface area (Å²) in [6.07, 6.45) is 0. The molecule has 0 aromatic heterocycles. The van der Waals surface area contributed by atoms with Crippen LogP contribution >= 0.6 is 0 Å². The van der Waals surface area contributed by atoms with Gasteiger partial charge in [0.1, 0.15) is 5.75 Å². The van der Waals surface area contributed by atoms with E-state index in [1.807, 2.05) is 6.07 Å². The number of ether oxygens (including phenoxy) is 4. The van der Waals surface area contributed by atoms with Crippen molar-refractivity contribution in [1.29, 1.82) is 0 Å². The van der Waals surface area contributed by atoms with Crippen LogP contribution < -0.4 is 10.1 Å². The van der Waals surface area contributed by atoms with Crippen molar-refractivity contribution in [2.24, 2.45) is 0 Å². The Bertz CT molecular complexity index is 1010. The Hall–Kier alpha value is -3.65. The molecule has 162 valence electrons. The number of methoxy groups -OCH3 is 4. The van der Waals surface area contributed by atoms with E-state index < -0.39 is 29.5 Å². The minimum atomic E-state index is -1.81. The maximum Gasteiger partial charge on any atom is 0.337 e. The number of benzene rings is 2. The van der Waals surface area contributed by atoms with Gasteiger partial charge in [0.2, 0.25) is 0 Å². The van der Waals surface area contributed by atoms with Crippen LogP contribution in [0.3, 0.4) is 0 Å². The molecule has 2 aromatic carbocycles. The molecule has 8 heteroatoms. The van der Waals surface area contributed by atoms with Crippen LogP contribution in [0.2, 0.25) is 0 Å². The molecule has 0 aliphatic carbocycles. The maximum atomic E-state index is 13.2. The van der Waals surface area contributed by atoms with Crippen LogP contribution in [-0.4, -0.2) is 46.3 Å². The molecular weight excluding hydrogens is 402 g/mol. The molecule has 0 amide bonds. The van der Waals surface area contributed by atoms with Gasteiger partial charge in [-0.15, -0.1) is 0 Å². The highest BCUT2D eigenvalue weighted by Crippen LogP contribution is 2.46. The molecule has 0 saturated heterocycles. The lowest BCUT2D eigenvalue weighted by atomic mass is 9.82. The first-order valence-electron chi connectivity index (χ1n) is 9.41. The number of nitrogens with one attached hydrogen (secondary N) is 1. The molecular formula is C23H23NO7. The second kappa shape index (κ2) is 9.01. The molecule has 0 fully saturated rings. The van der Waals surface area contributed by atoms with Gasteiger partial charge < -0.3 is 18.9 Å². The third-order valence-corrected chi connectivity index (χ3v) is 5.24. The highest BCUT2D eigenvalue weighted by molar-refractivity contribution is 6.10. The molecule has 0 bridgehead atoms. The van der Waals surface area contributed by atoms with Gasteiger partial charge in [-0.1, -0.05) is 42.5 Å². The molecule has 0 spiro atoms. The van der Waals surface area contributed by atoms with E-state index in [0.29, 0.717) is 16.9 Å². The molecule has 1 aliphatic heterocycles. The first kappa shape index (κ1) is 22.0. The van der Waals surface area contributed by atoms with Crippen LogP contribution in [0.15, 0.2) is 65.7 Å². The van der Waals surface area contributed by atoms with Crippen LogP contribution in [0.25, 0.3) is 0 Å². The van der Waals surface area contributed by atoms with Crippen LogP contribution in [0.1, 0.15) is 17.2 Å². The summed E-state index contributed by atoms with van der Waals surface area (Å²) in [6, 6.07) is 14.6. The number of carbonyl (C=O) groups excluding carboxylic acids is 3. The van der Waals surface area contributed by atoms with Gasteiger partial charge in [-0.05, 0) is 23.3 Å². The van der Waals surface area contributed by atoms with Crippen molar-refractivity contribution >= 4 is 17.9 Å². The van der Waals surface area contributed by atoms with Crippen molar-refractivity contribution in [3.05, 3.63) is 76.9 Å². The zero-order valence-corrected chi connectivity index (χ0v) is 17.6. The summed E-state index contributed by atoms with van der Waals surface area (Å²) in [5, 5.41) is 3.16. The second-order valence-corrected chi connectivity index (χ2v) is 6.73. The molecule has 31 heavy (non-hydrogen) atoms. The molecule has 8 nitrogen and oxygen atoms in total. The fourth-order valence-corrected chi connectivity index (χ4v) is 3.80. The number of hydrogen-bond acceptors (Lipinski definition) is 8. The maximum absolute atomic E-state index is 13.2. The first-order valence-corrected chi connectivity index (χ1v) is 9.41. The Morgan fingerprint density at radius 2 is 1.42 bits per heavy atom. The zero-order valence-electron chi connectivity index (χ0n) is 17.6. The minimum Gasteiger partial charge on any atom is -0.497 e. The van der Waals surface area contributed by atoms with Crippen LogP contribution in [0, 0.1) is 0 Å². The van der Waals surface area contributed by atoms with Gasteiger partial charge in [-0.3, -0.25) is 5.32 Å². The van der Waals surface area contributed by atoms with E-state index in [2.05, 4.69) is 5.32 Å². The smallest absolute Gasteiger partial charge is 0.337 e. The van der Waals surface area contributed by atoms with Crippen molar-refractivity contribution in [3.8, 4) is 5.75 Å². The average Bonchev–Trinajstić information content (AvgIpc) is 3.20. The average molecular weight is 425 g/mol. The fourth-order valence-electron chi connectivity index (χ4n) is 3.80.